The lowest BCUT2D eigenvalue weighted by Gasteiger charge is -2.28. The average Bonchev–Trinajstić information content (AvgIpc) is 2.76. The summed E-state index contributed by atoms with van der Waals surface area (Å²) in [6, 6.07) is 0. The summed E-state index contributed by atoms with van der Waals surface area (Å²) in [4.78, 5) is 24.4. The quantitative estimate of drug-likeness (QED) is 0.744. The van der Waals surface area contributed by atoms with Crippen LogP contribution in [0.3, 0.4) is 0 Å². The van der Waals surface area contributed by atoms with Crippen molar-refractivity contribution in [3.8, 4) is 0 Å². The van der Waals surface area contributed by atoms with Gasteiger partial charge in [-0.3, -0.25) is 4.79 Å². The van der Waals surface area contributed by atoms with Gasteiger partial charge in [-0.15, -0.1) is 0 Å². The van der Waals surface area contributed by atoms with Crippen molar-refractivity contribution in [2.24, 2.45) is 5.92 Å². The Morgan fingerprint density at radius 2 is 2.00 bits per heavy atom. The molecule has 1 aliphatic heterocycles. The fourth-order valence-corrected chi connectivity index (χ4v) is 2.76. The predicted molar refractivity (Wildman–Crippen MR) is 63.5 cm³/mol. The highest BCUT2D eigenvalue weighted by molar-refractivity contribution is 5.93. The van der Waals surface area contributed by atoms with E-state index in [-0.39, 0.29) is 12.0 Å². The Morgan fingerprint density at radius 3 is 2.59 bits per heavy atom. The van der Waals surface area contributed by atoms with Crippen LogP contribution in [0.25, 0.3) is 0 Å². The molecule has 1 saturated heterocycles. The summed E-state index contributed by atoms with van der Waals surface area (Å²) >= 11 is 0. The summed E-state index contributed by atoms with van der Waals surface area (Å²) in [7, 11) is 0. The molecular weight excluding hydrogens is 218 g/mol. The first-order valence-corrected chi connectivity index (χ1v) is 6.69. The van der Waals surface area contributed by atoms with E-state index in [1.807, 2.05) is 6.92 Å². The molecule has 1 aliphatic carbocycles. The van der Waals surface area contributed by atoms with E-state index in [9.17, 15) is 9.59 Å². The SMILES string of the molecule is CC(OC(=O)N1CCCC1=O)C1CCCCC1. The van der Waals surface area contributed by atoms with E-state index >= 15 is 0 Å². The summed E-state index contributed by atoms with van der Waals surface area (Å²) in [5.74, 6) is 0.385. The number of likely N-dealkylation sites (tertiary alicyclic amines) is 1. The lowest BCUT2D eigenvalue weighted by molar-refractivity contribution is -0.126. The van der Waals surface area contributed by atoms with E-state index in [1.165, 1.54) is 24.2 Å². The number of carbonyl (C=O) groups is 2. The highest BCUT2D eigenvalue weighted by Gasteiger charge is 2.30. The molecule has 0 aromatic heterocycles. The molecule has 0 aromatic rings. The molecule has 2 rings (SSSR count). The van der Waals surface area contributed by atoms with Crippen LogP contribution in [0.15, 0.2) is 0 Å². The van der Waals surface area contributed by atoms with Gasteiger partial charge in [0.2, 0.25) is 5.91 Å². The van der Waals surface area contributed by atoms with Crippen molar-refractivity contribution in [3.05, 3.63) is 0 Å². The first-order valence-electron chi connectivity index (χ1n) is 6.69. The number of hydrogen-bond acceptors (Lipinski definition) is 3. The molecule has 1 atom stereocenters. The summed E-state index contributed by atoms with van der Waals surface area (Å²) in [6.45, 7) is 2.48. The Morgan fingerprint density at radius 1 is 1.29 bits per heavy atom. The maximum absolute atomic E-state index is 11.8. The zero-order valence-electron chi connectivity index (χ0n) is 10.5. The number of ether oxygens (including phenoxy) is 1. The van der Waals surface area contributed by atoms with Crippen molar-refractivity contribution in [3.63, 3.8) is 0 Å². The van der Waals surface area contributed by atoms with Gasteiger partial charge in [-0.1, -0.05) is 19.3 Å². The first kappa shape index (κ1) is 12.4. The van der Waals surface area contributed by atoms with Crippen LogP contribution >= 0.6 is 0 Å². The van der Waals surface area contributed by atoms with Crippen LogP contribution < -0.4 is 0 Å². The first-order chi connectivity index (χ1) is 8.18. The van der Waals surface area contributed by atoms with E-state index in [0.29, 0.717) is 18.9 Å². The Hall–Kier alpha value is -1.06. The van der Waals surface area contributed by atoms with Crippen LogP contribution in [0.2, 0.25) is 0 Å². The second kappa shape index (κ2) is 5.52. The van der Waals surface area contributed by atoms with Gasteiger partial charge in [0.1, 0.15) is 6.10 Å². The third-order valence-electron chi connectivity index (χ3n) is 3.89. The molecule has 0 spiro atoms. The number of nitrogens with zero attached hydrogens (tertiary/aromatic N) is 1. The number of hydrogen-bond donors (Lipinski definition) is 0. The summed E-state index contributed by atoms with van der Waals surface area (Å²) < 4.78 is 5.41. The third-order valence-corrected chi connectivity index (χ3v) is 3.89. The van der Waals surface area contributed by atoms with Crippen molar-refractivity contribution in [2.45, 2.75) is 58.0 Å². The van der Waals surface area contributed by atoms with Crippen molar-refractivity contribution < 1.29 is 14.3 Å². The molecule has 1 saturated carbocycles. The minimum Gasteiger partial charge on any atom is -0.446 e. The van der Waals surface area contributed by atoms with E-state index in [2.05, 4.69) is 0 Å². The molecule has 0 N–H and O–H groups in total. The van der Waals surface area contributed by atoms with Crippen LogP contribution in [0.1, 0.15) is 51.9 Å². The van der Waals surface area contributed by atoms with Gasteiger partial charge >= 0.3 is 6.09 Å². The molecule has 0 radical (unpaired) electrons. The van der Waals surface area contributed by atoms with Crippen LogP contribution in [0.4, 0.5) is 4.79 Å². The molecular formula is C13H21NO3. The minimum atomic E-state index is -0.439. The van der Waals surface area contributed by atoms with E-state index < -0.39 is 6.09 Å². The van der Waals surface area contributed by atoms with E-state index in [4.69, 9.17) is 4.74 Å². The number of rotatable bonds is 2. The number of carbonyl (C=O) groups excluding carboxylic acids is 2. The largest absolute Gasteiger partial charge is 0.446 e. The van der Waals surface area contributed by atoms with Gasteiger partial charge in [-0.05, 0) is 32.1 Å². The van der Waals surface area contributed by atoms with E-state index in [1.54, 1.807) is 0 Å². The maximum atomic E-state index is 11.8. The molecule has 4 nitrogen and oxygen atoms in total. The molecule has 4 heteroatoms. The Kier molecular flexibility index (Phi) is 4.02. The van der Waals surface area contributed by atoms with Crippen molar-refractivity contribution in [1.82, 2.24) is 4.90 Å². The zero-order chi connectivity index (χ0) is 12.3. The van der Waals surface area contributed by atoms with Gasteiger partial charge in [-0.2, -0.15) is 0 Å². The van der Waals surface area contributed by atoms with Gasteiger partial charge in [0.05, 0.1) is 0 Å². The van der Waals surface area contributed by atoms with Crippen molar-refractivity contribution >= 4 is 12.0 Å². The highest BCUT2D eigenvalue weighted by Crippen LogP contribution is 2.28. The monoisotopic (exact) mass is 239 g/mol. The summed E-state index contributed by atoms with van der Waals surface area (Å²) in [5.41, 5.74) is 0. The lowest BCUT2D eigenvalue weighted by atomic mass is 9.86. The molecule has 0 bridgehead atoms. The Balaban J connectivity index is 1.82. The van der Waals surface area contributed by atoms with E-state index in [0.717, 1.165) is 19.3 Å². The van der Waals surface area contributed by atoms with Gasteiger partial charge < -0.3 is 4.74 Å². The molecule has 2 amide bonds. The smallest absolute Gasteiger partial charge is 0.416 e. The molecule has 1 heterocycles. The second-order valence-electron chi connectivity index (χ2n) is 5.14. The summed E-state index contributed by atoms with van der Waals surface area (Å²) in [6.07, 6.45) is 6.79. The van der Waals surface area contributed by atoms with Crippen LogP contribution in [0, 0.1) is 5.92 Å². The predicted octanol–water partition coefficient (Wildman–Crippen LogP) is 2.71. The van der Waals surface area contributed by atoms with Gasteiger partial charge in [0.15, 0.2) is 0 Å². The topological polar surface area (TPSA) is 46.6 Å². The standard InChI is InChI=1S/C13H21NO3/c1-10(11-6-3-2-4-7-11)17-13(16)14-9-5-8-12(14)15/h10-11H,2-9H2,1H3. The summed E-state index contributed by atoms with van der Waals surface area (Å²) in [5, 5.41) is 0. The highest BCUT2D eigenvalue weighted by atomic mass is 16.6. The van der Waals surface area contributed by atoms with Crippen LogP contribution in [-0.4, -0.2) is 29.5 Å². The van der Waals surface area contributed by atoms with Crippen LogP contribution in [0.5, 0.6) is 0 Å². The molecule has 96 valence electrons. The molecule has 2 fully saturated rings. The average molecular weight is 239 g/mol. The van der Waals surface area contributed by atoms with Gasteiger partial charge in [0.25, 0.3) is 0 Å². The van der Waals surface area contributed by atoms with Gasteiger partial charge in [-0.25, -0.2) is 9.69 Å². The van der Waals surface area contributed by atoms with Crippen molar-refractivity contribution in [1.29, 1.82) is 0 Å². The molecule has 1 unspecified atom stereocenters. The number of amides is 2. The third kappa shape index (κ3) is 2.99. The fourth-order valence-electron chi connectivity index (χ4n) is 2.76. The maximum Gasteiger partial charge on any atom is 0.416 e. The minimum absolute atomic E-state index is 0.0591. The molecule has 2 aliphatic rings. The Bertz CT molecular complexity index is 297. The number of imide groups is 1. The second-order valence-corrected chi connectivity index (χ2v) is 5.14. The van der Waals surface area contributed by atoms with Gasteiger partial charge in [0, 0.05) is 13.0 Å². The Labute approximate surface area is 102 Å². The lowest BCUT2D eigenvalue weighted by Crippen LogP contribution is -2.36. The normalized spacial score (nSPS) is 23.8. The molecule has 0 aromatic carbocycles. The van der Waals surface area contributed by atoms with Crippen molar-refractivity contribution in [2.75, 3.05) is 6.54 Å². The van der Waals surface area contributed by atoms with Crippen LogP contribution in [-0.2, 0) is 9.53 Å². The molecule has 17 heavy (non-hydrogen) atoms. The zero-order valence-corrected chi connectivity index (χ0v) is 10.5. The fraction of sp³-hybridized carbons (Fsp3) is 0.846.